The molecular weight excluding hydrogens is 244 g/mol. The highest BCUT2D eigenvalue weighted by atomic mass is 16.4. The Balaban J connectivity index is 2.10. The fourth-order valence-corrected chi connectivity index (χ4v) is 1.63. The molecule has 0 spiro atoms. The molecule has 6 nitrogen and oxygen atoms in total. The third-order valence-electron chi connectivity index (χ3n) is 2.72. The molecule has 100 valence electrons. The van der Waals surface area contributed by atoms with E-state index < -0.39 is 5.91 Å². The number of anilines is 2. The van der Waals surface area contributed by atoms with Gasteiger partial charge in [-0.2, -0.15) is 0 Å². The van der Waals surface area contributed by atoms with Gasteiger partial charge in [0.15, 0.2) is 0 Å². The van der Waals surface area contributed by atoms with Crippen molar-refractivity contribution in [3.63, 3.8) is 0 Å². The lowest BCUT2D eigenvalue weighted by Crippen LogP contribution is -2.12. The van der Waals surface area contributed by atoms with Gasteiger partial charge >= 0.3 is 0 Å². The maximum Gasteiger partial charge on any atom is 0.248 e. The zero-order valence-corrected chi connectivity index (χ0v) is 10.6. The summed E-state index contributed by atoms with van der Waals surface area (Å²) in [5.41, 5.74) is 12.6. The predicted molar refractivity (Wildman–Crippen MR) is 72.6 cm³/mol. The zero-order valence-electron chi connectivity index (χ0n) is 10.6. The van der Waals surface area contributed by atoms with Crippen LogP contribution in [-0.4, -0.2) is 10.9 Å². The number of nitrogens with two attached hydrogens (primary N) is 2. The van der Waals surface area contributed by atoms with Crippen molar-refractivity contribution >= 4 is 17.3 Å². The Bertz CT molecular complexity index is 592. The van der Waals surface area contributed by atoms with Gasteiger partial charge in [-0.25, -0.2) is 4.98 Å². The van der Waals surface area contributed by atoms with E-state index in [9.17, 15) is 4.79 Å². The number of nitrogens with zero attached hydrogens (tertiary/aromatic N) is 1. The minimum Gasteiger partial charge on any atom is -0.444 e. The second-order valence-corrected chi connectivity index (χ2v) is 4.09. The Hall–Kier alpha value is -2.50. The summed E-state index contributed by atoms with van der Waals surface area (Å²) in [5, 5.41) is 3.07. The summed E-state index contributed by atoms with van der Waals surface area (Å²) in [6.07, 6.45) is 2.49. The van der Waals surface area contributed by atoms with Crippen LogP contribution in [0.5, 0.6) is 0 Å². The molecule has 2 rings (SSSR count). The number of rotatable bonds is 5. The molecule has 0 aliphatic carbocycles. The number of oxazole rings is 1. The van der Waals surface area contributed by atoms with Crippen molar-refractivity contribution < 1.29 is 9.21 Å². The van der Waals surface area contributed by atoms with Gasteiger partial charge in [0.2, 0.25) is 11.8 Å². The van der Waals surface area contributed by atoms with Crippen LogP contribution in [0.1, 0.15) is 28.9 Å². The molecule has 1 aromatic heterocycles. The van der Waals surface area contributed by atoms with E-state index in [0.29, 0.717) is 29.4 Å². The highest BCUT2D eigenvalue weighted by Gasteiger charge is 2.07. The Morgan fingerprint density at radius 1 is 1.47 bits per heavy atom. The molecule has 0 aliphatic heterocycles. The number of nitrogens with one attached hydrogen (secondary N) is 1. The van der Waals surface area contributed by atoms with Gasteiger partial charge in [-0.15, -0.1) is 0 Å². The van der Waals surface area contributed by atoms with Crippen molar-refractivity contribution in [1.29, 1.82) is 0 Å². The molecule has 0 fully saturated rings. The Morgan fingerprint density at radius 2 is 2.26 bits per heavy atom. The molecule has 0 bridgehead atoms. The maximum atomic E-state index is 11.1. The average Bonchev–Trinajstić information content (AvgIpc) is 2.85. The summed E-state index contributed by atoms with van der Waals surface area (Å²) < 4.78 is 5.47. The van der Waals surface area contributed by atoms with Gasteiger partial charge in [-0.05, 0) is 18.2 Å². The monoisotopic (exact) mass is 260 g/mol. The van der Waals surface area contributed by atoms with Crippen LogP contribution in [0.3, 0.4) is 0 Å². The molecule has 1 amide bonds. The molecule has 0 saturated carbocycles. The Morgan fingerprint density at radius 3 is 2.89 bits per heavy atom. The molecule has 6 heteroatoms. The van der Waals surface area contributed by atoms with E-state index >= 15 is 0 Å². The zero-order chi connectivity index (χ0) is 13.8. The molecule has 0 atom stereocenters. The number of hydrogen-bond donors (Lipinski definition) is 3. The van der Waals surface area contributed by atoms with E-state index in [-0.39, 0.29) is 0 Å². The predicted octanol–water partition coefficient (Wildman–Crippen LogP) is 1.53. The van der Waals surface area contributed by atoms with Crippen molar-refractivity contribution in [2.75, 3.05) is 11.1 Å². The summed E-state index contributed by atoms with van der Waals surface area (Å²) in [4.78, 5) is 15.2. The molecule has 0 saturated heterocycles. The number of carbonyl (C=O) groups excluding carboxylic acids is 1. The van der Waals surface area contributed by atoms with Crippen molar-refractivity contribution in [3.8, 4) is 0 Å². The van der Waals surface area contributed by atoms with E-state index in [1.165, 1.54) is 0 Å². The SMILES string of the molecule is CCc1cnc(CNc2cc(C(N)=O)ccc2N)o1. The van der Waals surface area contributed by atoms with Gasteiger partial charge in [-0.1, -0.05) is 6.92 Å². The summed E-state index contributed by atoms with van der Waals surface area (Å²) in [5.74, 6) is 0.906. The number of benzene rings is 1. The van der Waals surface area contributed by atoms with Crippen molar-refractivity contribution in [1.82, 2.24) is 4.98 Å². The van der Waals surface area contributed by atoms with Crippen LogP contribution in [0.15, 0.2) is 28.8 Å². The highest BCUT2D eigenvalue weighted by Crippen LogP contribution is 2.20. The first-order valence-electron chi connectivity index (χ1n) is 5.97. The average molecular weight is 260 g/mol. The minimum absolute atomic E-state index is 0.395. The second kappa shape index (κ2) is 5.43. The topological polar surface area (TPSA) is 107 Å². The fraction of sp³-hybridized carbons (Fsp3) is 0.231. The molecule has 0 unspecified atom stereocenters. The molecule has 1 aromatic carbocycles. The van der Waals surface area contributed by atoms with Crippen molar-refractivity contribution in [3.05, 3.63) is 41.6 Å². The number of aromatic nitrogens is 1. The number of aryl methyl sites for hydroxylation is 1. The van der Waals surface area contributed by atoms with Crippen LogP contribution < -0.4 is 16.8 Å². The number of carbonyl (C=O) groups is 1. The lowest BCUT2D eigenvalue weighted by atomic mass is 10.1. The standard InChI is InChI=1S/C13H16N4O2/c1-2-9-6-17-12(19-9)7-16-11-5-8(13(15)18)3-4-10(11)14/h3-6,16H,2,7,14H2,1H3,(H2,15,18). The molecule has 5 N–H and O–H groups in total. The molecule has 2 aromatic rings. The molecule has 19 heavy (non-hydrogen) atoms. The first-order valence-corrected chi connectivity index (χ1v) is 5.97. The van der Waals surface area contributed by atoms with Crippen molar-refractivity contribution in [2.24, 2.45) is 5.73 Å². The lowest BCUT2D eigenvalue weighted by molar-refractivity contribution is 0.100. The van der Waals surface area contributed by atoms with E-state index in [4.69, 9.17) is 15.9 Å². The fourth-order valence-electron chi connectivity index (χ4n) is 1.63. The summed E-state index contributed by atoms with van der Waals surface area (Å²) >= 11 is 0. The largest absolute Gasteiger partial charge is 0.444 e. The quantitative estimate of drug-likeness (QED) is 0.707. The van der Waals surface area contributed by atoms with Gasteiger partial charge < -0.3 is 21.2 Å². The van der Waals surface area contributed by atoms with Gasteiger partial charge in [0, 0.05) is 12.0 Å². The molecule has 1 heterocycles. The van der Waals surface area contributed by atoms with E-state index in [1.54, 1.807) is 24.4 Å². The summed E-state index contributed by atoms with van der Waals surface area (Å²) in [7, 11) is 0. The van der Waals surface area contributed by atoms with E-state index in [2.05, 4.69) is 10.3 Å². The number of amides is 1. The Kier molecular flexibility index (Phi) is 3.70. The number of hydrogen-bond acceptors (Lipinski definition) is 5. The van der Waals surface area contributed by atoms with Crippen LogP contribution in [0, 0.1) is 0 Å². The number of nitrogen functional groups attached to an aromatic ring is 1. The first-order chi connectivity index (χ1) is 9.10. The molecular formula is C13H16N4O2. The van der Waals surface area contributed by atoms with E-state index in [1.807, 2.05) is 6.92 Å². The third-order valence-corrected chi connectivity index (χ3v) is 2.72. The summed E-state index contributed by atoms with van der Waals surface area (Å²) in [6.45, 7) is 2.39. The minimum atomic E-state index is -0.493. The van der Waals surface area contributed by atoms with Crippen molar-refractivity contribution in [2.45, 2.75) is 19.9 Å². The van der Waals surface area contributed by atoms with E-state index in [0.717, 1.165) is 12.2 Å². The van der Waals surface area contributed by atoms with Crippen LogP contribution >= 0.6 is 0 Å². The smallest absolute Gasteiger partial charge is 0.248 e. The first kappa shape index (κ1) is 12.9. The summed E-state index contributed by atoms with van der Waals surface area (Å²) in [6, 6.07) is 4.83. The third kappa shape index (κ3) is 3.04. The van der Waals surface area contributed by atoms with Gasteiger partial charge in [0.1, 0.15) is 5.76 Å². The Labute approximate surface area is 110 Å². The van der Waals surface area contributed by atoms with Crippen LogP contribution in [0.25, 0.3) is 0 Å². The molecule has 0 aliphatic rings. The second-order valence-electron chi connectivity index (χ2n) is 4.09. The van der Waals surface area contributed by atoms with Gasteiger partial charge in [-0.3, -0.25) is 4.79 Å². The van der Waals surface area contributed by atoms with Crippen LogP contribution in [0.2, 0.25) is 0 Å². The van der Waals surface area contributed by atoms with Crippen LogP contribution in [0.4, 0.5) is 11.4 Å². The maximum absolute atomic E-state index is 11.1. The highest BCUT2D eigenvalue weighted by molar-refractivity contribution is 5.94. The number of primary amides is 1. The molecule has 0 radical (unpaired) electrons. The lowest BCUT2D eigenvalue weighted by Gasteiger charge is -2.08. The normalized spacial score (nSPS) is 10.4. The van der Waals surface area contributed by atoms with Gasteiger partial charge in [0.05, 0.1) is 24.1 Å². The van der Waals surface area contributed by atoms with Gasteiger partial charge in [0.25, 0.3) is 0 Å². The van der Waals surface area contributed by atoms with Crippen LogP contribution in [-0.2, 0) is 13.0 Å².